The Labute approximate surface area is 155 Å². The van der Waals surface area contributed by atoms with Gasteiger partial charge in [-0.1, -0.05) is 42.5 Å². The summed E-state index contributed by atoms with van der Waals surface area (Å²) in [6.07, 6.45) is 1.45. The quantitative estimate of drug-likeness (QED) is 0.721. The Morgan fingerprint density at radius 1 is 1.11 bits per heavy atom. The van der Waals surface area contributed by atoms with Crippen molar-refractivity contribution in [2.24, 2.45) is 0 Å². The van der Waals surface area contributed by atoms with Crippen LogP contribution in [0, 0.1) is 0 Å². The highest BCUT2D eigenvalue weighted by Crippen LogP contribution is 2.39. The highest BCUT2D eigenvalue weighted by Gasteiger charge is 2.33. The topological polar surface area (TPSA) is 84.5 Å². The van der Waals surface area contributed by atoms with Crippen LogP contribution >= 0.6 is 0 Å². The molecular weight excluding hydrogens is 346 g/mol. The van der Waals surface area contributed by atoms with Gasteiger partial charge in [0, 0.05) is 6.20 Å². The number of carbonyl (C=O) groups is 2. The Balaban J connectivity index is 1.59. The van der Waals surface area contributed by atoms with E-state index in [0.29, 0.717) is 18.0 Å². The van der Waals surface area contributed by atoms with Crippen LogP contribution < -0.4 is 9.64 Å². The van der Waals surface area contributed by atoms with Gasteiger partial charge in [-0.2, -0.15) is 5.10 Å². The molecule has 1 aliphatic heterocycles. The van der Waals surface area contributed by atoms with Crippen molar-refractivity contribution in [1.29, 1.82) is 0 Å². The lowest BCUT2D eigenvalue weighted by Crippen LogP contribution is -2.43. The summed E-state index contributed by atoms with van der Waals surface area (Å²) in [4.78, 5) is 26.6. The Hall–Kier alpha value is -3.61. The molecule has 2 aromatic carbocycles. The van der Waals surface area contributed by atoms with Crippen molar-refractivity contribution < 1.29 is 19.1 Å². The lowest BCUT2D eigenvalue weighted by molar-refractivity contribution is -0.122. The largest absolute Gasteiger partial charge is 0.489 e. The van der Waals surface area contributed by atoms with Gasteiger partial charge in [0.25, 0.3) is 5.91 Å². The lowest BCUT2D eigenvalue weighted by atomic mass is 10.0. The number of nitrogens with one attached hydrogen (secondary N) is 1. The van der Waals surface area contributed by atoms with E-state index in [-0.39, 0.29) is 24.2 Å². The summed E-state index contributed by atoms with van der Waals surface area (Å²) in [6.45, 7) is -0.0587. The van der Waals surface area contributed by atoms with Gasteiger partial charge in [-0.05, 0) is 23.8 Å². The second kappa shape index (κ2) is 7.33. The predicted octanol–water partition coefficient (Wildman–Crippen LogP) is 2.73. The average Bonchev–Trinajstić information content (AvgIpc) is 3.26. The highest BCUT2D eigenvalue weighted by atomic mass is 16.5. The van der Waals surface area contributed by atoms with E-state index in [1.165, 1.54) is 12.3 Å². The van der Waals surface area contributed by atoms with Crippen LogP contribution in [-0.2, 0) is 9.53 Å². The molecule has 27 heavy (non-hydrogen) atoms. The number of fused-ring (bicyclic) bond motifs is 1. The molecule has 0 aliphatic carbocycles. The van der Waals surface area contributed by atoms with Crippen LogP contribution in [0.1, 0.15) is 22.1 Å². The van der Waals surface area contributed by atoms with Crippen molar-refractivity contribution >= 4 is 17.6 Å². The van der Waals surface area contributed by atoms with E-state index in [0.717, 1.165) is 5.56 Å². The number of hydrogen-bond donors (Lipinski definition) is 1. The molecule has 0 saturated heterocycles. The number of benzene rings is 2. The first-order chi connectivity index (χ1) is 13.2. The molecule has 1 amide bonds. The second-order valence-corrected chi connectivity index (χ2v) is 6.02. The van der Waals surface area contributed by atoms with E-state index in [1.807, 2.05) is 54.6 Å². The molecule has 1 unspecified atom stereocenters. The highest BCUT2D eigenvalue weighted by molar-refractivity contribution is 5.98. The van der Waals surface area contributed by atoms with Crippen molar-refractivity contribution in [1.82, 2.24) is 10.2 Å². The Kier molecular flexibility index (Phi) is 4.57. The van der Waals surface area contributed by atoms with Crippen LogP contribution in [0.3, 0.4) is 0 Å². The first kappa shape index (κ1) is 16.8. The first-order valence-electron chi connectivity index (χ1n) is 8.49. The number of ether oxygens (including phenoxy) is 2. The number of aromatic amines is 1. The van der Waals surface area contributed by atoms with E-state index in [2.05, 4.69) is 10.2 Å². The van der Waals surface area contributed by atoms with E-state index in [4.69, 9.17) is 9.47 Å². The summed E-state index contributed by atoms with van der Waals surface area (Å²) in [5, 5.41) is 6.22. The molecule has 0 fully saturated rings. The smallest absolute Gasteiger partial charge is 0.356 e. The molecule has 1 aliphatic rings. The second-order valence-electron chi connectivity index (χ2n) is 6.02. The minimum Gasteiger partial charge on any atom is -0.489 e. The van der Waals surface area contributed by atoms with Crippen molar-refractivity contribution in [2.75, 3.05) is 18.1 Å². The third kappa shape index (κ3) is 3.39. The number of H-pyrrole nitrogens is 1. The van der Waals surface area contributed by atoms with E-state index in [9.17, 15) is 9.59 Å². The molecule has 0 bridgehead atoms. The Bertz CT molecular complexity index is 941. The molecule has 2 heterocycles. The lowest BCUT2D eigenvalue weighted by Gasteiger charge is -2.37. The van der Waals surface area contributed by atoms with Crippen LogP contribution in [0.5, 0.6) is 5.75 Å². The molecule has 0 spiro atoms. The summed E-state index contributed by atoms with van der Waals surface area (Å²) < 4.78 is 11.0. The zero-order chi connectivity index (χ0) is 18.6. The maximum atomic E-state index is 13.0. The van der Waals surface area contributed by atoms with E-state index >= 15 is 0 Å². The molecule has 7 nitrogen and oxygen atoms in total. The normalized spacial score (nSPS) is 15.6. The van der Waals surface area contributed by atoms with Crippen molar-refractivity contribution in [3.63, 3.8) is 0 Å². The number of nitrogens with zero attached hydrogens (tertiary/aromatic N) is 2. The standard InChI is InChI=1S/C20H17N3O4/c24-19(13-27-20(25)15-10-11-21-22-15)23-16-8-4-5-9-18(16)26-12-17(23)14-6-2-1-3-7-14/h1-11,17H,12-13H2,(H,21,22). The van der Waals surface area contributed by atoms with Crippen LogP contribution in [0.2, 0.25) is 0 Å². The number of aromatic nitrogens is 2. The van der Waals surface area contributed by atoms with Gasteiger partial charge in [0.2, 0.25) is 0 Å². The molecule has 136 valence electrons. The first-order valence-corrected chi connectivity index (χ1v) is 8.49. The van der Waals surface area contributed by atoms with Gasteiger partial charge < -0.3 is 9.47 Å². The van der Waals surface area contributed by atoms with E-state index < -0.39 is 5.97 Å². The molecule has 0 radical (unpaired) electrons. The van der Waals surface area contributed by atoms with Crippen molar-refractivity contribution in [2.45, 2.75) is 6.04 Å². The van der Waals surface area contributed by atoms with E-state index in [1.54, 1.807) is 4.90 Å². The number of carbonyl (C=O) groups excluding carboxylic acids is 2. The van der Waals surface area contributed by atoms with Gasteiger partial charge in [-0.25, -0.2) is 4.79 Å². The summed E-state index contributed by atoms with van der Waals surface area (Å²) in [5.74, 6) is -0.330. The molecule has 0 saturated carbocycles. The summed E-state index contributed by atoms with van der Waals surface area (Å²) >= 11 is 0. The minimum atomic E-state index is -0.626. The number of para-hydroxylation sites is 2. The zero-order valence-corrected chi connectivity index (χ0v) is 14.4. The molecule has 1 atom stereocenters. The third-order valence-corrected chi connectivity index (χ3v) is 4.33. The number of hydrogen-bond acceptors (Lipinski definition) is 5. The molecule has 1 N–H and O–H groups in total. The summed E-state index contributed by atoms with van der Waals surface area (Å²) in [6, 6.07) is 18.1. The van der Waals surface area contributed by atoms with Gasteiger partial charge in [0.05, 0.1) is 11.7 Å². The molecule has 7 heteroatoms. The molecule has 3 aromatic rings. The van der Waals surface area contributed by atoms with Crippen LogP contribution in [0.4, 0.5) is 5.69 Å². The fourth-order valence-electron chi connectivity index (χ4n) is 3.06. The Morgan fingerprint density at radius 2 is 1.89 bits per heavy atom. The number of amides is 1. The SMILES string of the molecule is O=C(OCC(=O)N1c2ccccc2OCC1c1ccccc1)c1ccn[nH]1. The molecular formula is C20H17N3O4. The molecule has 4 rings (SSSR count). The van der Waals surface area contributed by atoms with Crippen LogP contribution in [-0.4, -0.2) is 35.3 Å². The number of anilines is 1. The van der Waals surface area contributed by atoms with Gasteiger partial charge >= 0.3 is 5.97 Å². The summed E-state index contributed by atoms with van der Waals surface area (Å²) in [7, 11) is 0. The van der Waals surface area contributed by atoms with Crippen molar-refractivity contribution in [3.8, 4) is 5.75 Å². The Morgan fingerprint density at radius 3 is 2.67 bits per heavy atom. The zero-order valence-electron chi connectivity index (χ0n) is 14.4. The van der Waals surface area contributed by atoms with Gasteiger partial charge in [-0.15, -0.1) is 0 Å². The van der Waals surface area contributed by atoms with Crippen LogP contribution in [0.15, 0.2) is 66.9 Å². The van der Waals surface area contributed by atoms with Gasteiger partial charge in [0.15, 0.2) is 6.61 Å². The number of rotatable bonds is 4. The fraction of sp³-hybridized carbons (Fsp3) is 0.150. The monoisotopic (exact) mass is 363 g/mol. The maximum Gasteiger partial charge on any atom is 0.356 e. The maximum absolute atomic E-state index is 13.0. The van der Waals surface area contributed by atoms with Gasteiger partial charge in [-0.3, -0.25) is 14.8 Å². The molecule has 1 aromatic heterocycles. The van der Waals surface area contributed by atoms with Crippen LogP contribution in [0.25, 0.3) is 0 Å². The minimum absolute atomic E-state index is 0.199. The fourth-order valence-corrected chi connectivity index (χ4v) is 3.06. The van der Waals surface area contributed by atoms with Gasteiger partial charge in [0.1, 0.15) is 18.1 Å². The van der Waals surface area contributed by atoms with Crippen molar-refractivity contribution in [3.05, 3.63) is 78.1 Å². The average molecular weight is 363 g/mol. The third-order valence-electron chi connectivity index (χ3n) is 4.33. The number of esters is 1. The predicted molar refractivity (Wildman–Crippen MR) is 97.5 cm³/mol. The summed E-state index contributed by atoms with van der Waals surface area (Å²) in [5.41, 5.74) is 1.80.